The molecular weight excluding hydrogens is 211 g/mol. The van der Waals surface area contributed by atoms with Crippen LogP contribution >= 0.6 is 7.82 Å². The number of phenolic OH excluding ortho intramolecular Hbond substituents is 1. The maximum Gasteiger partial charge on any atom is 0.466 e. The summed E-state index contributed by atoms with van der Waals surface area (Å²) in [5.74, 6) is 5.31. The molecule has 1 rings (SSSR count). The maximum atomic E-state index is 8.88. The lowest BCUT2D eigenvalue weighted by Crippen LogP contribution is -2.05. The first-order valence-corrected chi connectivity index (χ1v) is 4.93. The molecule has 7 N–H and O–H groups in total. The van der Waals surface area contributed by atoms with E-state index < -0.39 is 7.82 Å². The molecule has 0 aliphatic heterocycles. The van der Waals surface area contributed by atoms with Gasteiger partial charge in [-0.1, -0.05) is 0 Å². The van der Waals surface area contributed by atoms with E-state index in [1.165, 1.54) is 0 Å². The molecule has 8 heteroatoms. The van der Waals surface area contributed by atoms with Crippen LogP contribution in [0.4, 0.5) is 5.69 Å². The first kappa shape index (κ1) is 12.9. The van der Waals surface area contributed by atoms with Gasteiger partial charge in [0.2, 0.25) is 0 Å². The number of nitrogen functional groups attached to an aromatic ring is 1. The molecule has 0 saturated carbocycles. The molecule has 0 bridgehead atoms. The summed E-state index contributed by atoms with van der Waals surface area (Å²) in [4.78, 5) is 21.6. The first-order valence-electron chi connectivity index (χ1n) is 3.37. The van der Waals surface area contributed by atoms with E-state index in [0.717, 1.165) is 5.69 Å². The minimum absolute atomic E-state index is 0.244. The second kappa shape index (κ2) is 5.58. The van der Waals surface area contributed by atoms with Gasteiger partial charge in [0.25, 0.3) is 0 Å². The van der Waals surface area contributed by atoms with Crippen LogP contribution in [-0.4, -0.2) is 19.8 Å². The molecule has 1 aromatic carbocycles. The summed E-state index contributed by atoms with van der Waals surface area (Å²) in [6, 6.07) is 6.51. The van der Waals surface area contributed by atoms with Crippen molar-refractivity contribution < 1.29 is 24.4 Å². The van der Waals surface area contributed by atoms with Crippen molar-refractivity contribution in [2.75, 3.05) is 5.43 Å². The van der Waals surface area contributed by atoms with Gasteiger partial charge in [-0.3, -0.25) is 5.84 Å². The molecule has 0 saturated heterocycles. The fourth-order valence-corrected chi connectivity index (χ4v) is 0.558. The van der Waals surface area contributed by atoms with Crippen LogP contribution in [0, 0.1) is 0 Å². The molecule has 0 unspecified atom stereocenters. The minimum Gasteiger partial charge on any atom is -0.508 e. The Labute approximate surface area is 80.0 Å². The molecule has 80 valence electrons. The van der Waals surface area contributed by atoms with Crippen LogP contribution in [0.25, 0.3) is 0 Å². The van der Waals surface area contributed by atoms with Gasteiger partial charge in [-0.25, -0.2) is 4.57 Å². The molecule has 0 aliphatic rings. The topological polar surface area (TPSA) is 136 Å². The third kappa shape index (κ3) is 8.98. The number of benzene rings is 1. The number of hydrazine groups is 1. The van der Waals surface area contributed by atoms with Crippen LogP contribution in [0.1, 0.15) is 0 Å². The highest BCUT2D eigenvalue weighted by Crippen LogP contribution is 2.25. The van der Waals surface area contributed by atoms with Crippen LogP contribution in [0.2, 0.25) is 0 Å². The van der Waals surface area contributed by atoms with E-state index in [-0.39, 0.29) is 5.75 Å². The Bertz CT molecular complexity index is 300. The van der Waals surface area contributed by atoms with Gasteiger partial charge >= 0.3 is 7.82 Å². The molecular formula is C6H11N2O5P. The number of nitrogens with one attached hydrogen (secondary N) is 1. The fraction of sp³-hybridized carbons (Fsp3) is 0. The predicted octanol–water partition coefficient (Wildman–Crippen LogP) is -0.251. The van der Waals surface area contributed by atoms with E-state index >= 15 is 0 Å². The fourth-order valence-electron chi connectivity index (χ4n) is 0.558. The summed E-state index contributed by atoms with van der Waals surface area (Å²) in [6.45, 7) is 0. The molecule has 0 radical (unpaired) electrons. The summed E-state index contributed by atoms with van der Waals surface area (Å²) >= 11 is 0. The number of rotatable bonds is 1. The predicted molar refractivity (Wildman–Crippen MR) is 50.2 cm³/mol. The zero-order valence-corrected chi connectivity index (χ0v) is 7.93. The van der Waals surface area contributed by atoms with Crippen molar-refractivity contribution in [1.29, 1.82) is 0 Å². The Hall–Kier alpha value is -1.11. The molecule has 7 nitrogen and oxygen atoms in total. The lowest BCUT2D eigenvalue weighted by molar-refractivity contribution is 0.275. The van der Waals surface area contributed by atoms with Crippen molar-refractivity contribution in [3.05, 3.63) is 24.3 Å². The second-order valence-corrected chi connectivity index (χ2v) is 3.23. The molecule has 1 aromatic rings. The smallest absolute Gasteiger partial charge is 0.466 e. The Morgan fingerprint density at radius 1 is 1.14 bits per heavy atom. The Morgan fingerprint density at radius 2 is 1.50 bits per heavy atom. The minimum atomic E-state index is -4.64. The number of hydrogen-bond donors (Lipinski definition) is 6. The third-order valence-corrected chi connectivity index (χ3v) is 1.03. The monoisotopic (exact) mass is 222 g/mol. The number of phosphoric acid groups is 1. The lowest BCUT2D eigenvalue weighted by atomic mass is 10.3. The normalized spacial score (nSPS) is 10.0. The Balaban J connectivity index is 0.000000292. The summed E-state index contributed by atoms with van der Waals surface area (Å²) in [5, 5.41) is 8.78. The van der Waals surface area contributed by atoms with Crippen LogP contribution in [-0.2, 0) is 4.57 Å². The van der Waals surface area contributed by atoms with Gasteiger partial charge in [0.05, 0.1) is 0 Å². The van der Waals surface area contributed by atoms with Gasteiger partial charge in [-0.05, 0) is 24.3 Å². The average molecular weight is 222 g/mol. The van der Waals surface area contributed by atoms with Gasteiger partial charge in [-0.2, -0.15) is 0 Å². The van der Waals surface area contributed by atoms with Gasteiger partial charge < -0.3 is 25.2 Å². The van der Waals surface area contributed by atoms with E-state index in [1.807, 2.05) is 0 Å². The summed E-state index contributed by atoms with van der Waals surface area (Å²) < 4.78 is 8.88. The highest BCUT2D eigenvalue weighted by Gasteiger charge is 2.00. The van der Waals surface area contributed by atoms with Crippen LogP contribution in [0.15, 0.2) is 24.3 Å². The molecule has 0 amide bonds. The molecule has 14 heavy (non-hydrogen) atoms. The van der Waals surface area contributed by atoms with Crippen molar-refractivity contribution in [1.82, 2.24) is 0 Å². The maximum absolute atomic E-state index is 8.88. The SMILES string of the molecule is NNc1ccc(O)cc1.O=P(O)(O)O. The third-order valence-electron chi connectivity index (χ3n) is 1.03. The van der Waals surface area contributed by atoms with Crippen molar-refractivity contribution in [3.63, 3.8) is 0 Å². The van der Waals surface area contributed by atoms with E-state index in [4.69, 9.17) is 30.2 Å². The second-order valence-electron chi connectivity index (χ2n) is 2.20. The van der Waals surface area contributed by atoms with Gasteiger partial charge in [0, 0.05) is 5.69 Å². The number of hydrogen-bond acceptors (Lipinski definition) is 4. The van der Waals surface area contributed by atoms with E-state index in [1.54, 1.807) is 24.3 Å². The summed E-state index contributed by atoms with van der Waals surface area (Å²) in [6.07, 6.45) is 0. The summed E-state index contributed by atoms with van der Waals surface area (Å²) in [5.41, 5.74) is 3.23. The molecule has 0 fully saturated rings. The zero-order valence-electron chi connectivity index (χ0n) is 7.03. The van der Waals surface area contributed by atoms with Gasteiger partial charge in [0.15, 0.2) is 0 Å². The van der Waals surface area contributed by atoms with Crippen LogP contribution < -0.4 is 11.3 Å². The van der Waals surface area contributed by atoms with E-state index in [2.05, 4.69) is 5.43 Å². The van der Waals surface area contributed by atoms with E-state index in [0.29, 0.717) is 0 Å². The number of anilines is 1. The summed E-state index contributed by atoms with van der Waals surface area (Å²) in [7, 11) is -4.64. The Kier molecular flexibility index (Phi) is 5.14. The number of phenols is 1. The molecule has 0 aromatic heterocycles. The van der Waals surface area contributed by atoms with Gasteiger partial charge in [0.1, 0.15) is 5.75 Å². The molecule has 0 aliphatic carbocycles. The van der Waals surface area contributed by atoms with Crippen molar-refractivity contribution in [2.24, 2.45) is 5.84 Å². The van der Waals surface area contributed by atoms with E-state index in [9.17, 15) is 0 Å². The van der Waals surface area contributed by atoms with Crippen molar-refractivity contribution in [2.45, 2.75) is 0 Å². The van der Waals surface area contributed by atoms with Crippen molar-refractivity contribution in [3.8, 4) is 5.75 Å². The van der Waals surface area contributed by atoms with Gasteiger partial charge in [-0.15, -0.1) is 0 Å². The highest BCUT2D eigenvalue weighted by atomic mass is 31.2. The first-order chi connectivity index (χ1) is 6.33. The molecule has 0 heterocycles. The molecule has 0 spiro atoms. The van der Waals surface area contributed by atoms with Crippen LogP contribution in [0.3, 0.4) is 0 Å². The average Bonchev–Trinajstić information content (AvgIpc) is 2.03. The van der Waals surface area contributed by atoms with Crippen molar-refractivity contribution >= 4 is 13.5 Å². The Morgan fingerprint density at radius 3 is 1.79 bits per heavy atom. The number of aromatic hydroxyl groups is 1. The standard InChI is InChI=1S/C6H8N2O.H3O4P/c7-8-5-1-3-6(9)4-2-5;1-5(2,3)4/h1-4,8-9H,7H2;(H3,1,2,3,4). The zero-order chi connectivity index (χ0) is 11.2. The van der Waals surface area contributed by atoms with Crippen LogP contribution in [0.5, 0.6) is 5.75 Å². The number of nitrogens with two attached hydrogens (primary N) is 1. The molecule has 0 atom stereocenters. The quantitative estimate of drug-likeness (QED) is 0.167. The highest BCUT2D eigenvalue weighted by molar-refractivity contribution is 7.45. The largest absolute Gasteiger partial charge is 0.508 e. The lowest BCUT2D eigenvalue weighted by Gasteiger charge is -1.96.